The lowest BCUT2D eigenvalue weighted by Gasteiger charge is -2.33. The van der Waals surface area contributed by atoms with Crippen LogP contribution >= 0.6 is 0 Å². The van der Waals surface area contributed by atoms with Crippen molar-refractivity contribution in [1.82, 2.24) is 29.1 Å². The quantitative estimate of drug-likeness (QED) is 0.626. The maximum atomic E-state index is 12.4. The molecule has 0 unspecified atom stereocenters. The highest BCUT2D eigenvalue weighted by atomic mass is 16.5. The molecule has 9 nitrogen and oxygen atoms in total. The van der Waals surface area contributed by atoms with E-state index >= 15 is 0 Å². The van der Waals surface area contributed by atoms with Gasteiger partial charge in [-0.25, -0.2) is 9.97 Å². The lowest BCUT2D eigenvalue weighted by molar-refractivity contribution is 0.181. The molecular formula is C20H25N7O2. The predicted molar refractivity (Wildman–Crippen MR) is 107 cm³/mol. The minimum absolute atomic E-state index is 0.0759. The lowest BCUT2D eigenvalue weighted by atomic mass is 9.96. The SMILES string of the molecule is COCc1cc(N2CCC(Cn3cnc(C4CC4)cc3=O)CC2)n2ncnc2n1. The number of nitrogens with zero attached hydrogens (tertiary/aromatic N) is 7. The van der Waals surface area contributed by atoms with Crippen molar-refractivity contribution in [2.75, 3.05) is 25.1 Å². The van der Waals surface area contributed by atoms with Crippen molar-refractivity contribution in [2.45, 2.75) is 44.8 Å². The van der Waals surface area contributed by atoms with Gasteiger partial charge in [0.05, 0.1) is 24.3 Å². The van der Waals surface area contributed by atoms with Crippen LogP contribution in [0.15, 0.2) is 29.6 Å². The standard InChI is InChI=1S/C20H25N7O2/c1-29-11-16-8-18(27-20(24-16)21-12-23-27)25-6-4-14(5-7-25)10-26-13-22-17(9-19(26)28)15-2-3-15/h8-9,12-15H,2-7,10-11H2,1H3. The van der Waals surface area contributed by atoms with Crippen LogP contribution in [0, 0.1) is 5.92 Å². The largest absolute Gasteiger partial charge is 0.378 e. The van der Waals surface area contributed by atoms with E-state index in [0.29, 0.717) is 24.2 Å². The van der Waals surface area contributed by atoms with Crippen LogP contribution in [0.3, 0.4) is 0 Å². The third-order valence-corrected chi connectivity index (χ3v) is 5.87. The highest BCUT2D eigenvalue weighted by Gasteiger charge is 2.26. The number of methoxy groups -OCH3 is 1. The summed E-state index contributed by atoms with van der Waals surface area (Å²) in [4.78, 5) is 28.0. The molecule has 0 spiro atoms. The van der Waals surface area contributed by atoms with Crippen molar-refractivity contribution in [3.05, 3.63) is 46.5 Å². The Morgan fingerprint density at radius 2 is 1.97 bits per heavy atom. The van der Waals surface area contributed by atoms with E-state index in [-0.39, 0.29) is 5.56 Å². The van der Waals surface area contributed by atoms with Crippen molar-refractivity contribution < 1.29 is 4.74 Å². The number of piperidine rings is 1. The molecule has 0 aromatic carbocycles. The molecule has 3 aromatic rings. The normalized spacial score (nSPS) is 17.9. The Balaban J connectivity index is 1.28. The molecule has 0 radical (unpaired) electrons. The van der Waals surface area contributed by atoms with Gasteiger partial charge in [0.1, 0.15) is 12.1 Å². The summed E-state index contributed by atoms with van der Waals surface area (Å²) in [5.41, 5.74) is 1.88. The van der Waals surface area contributed by atoms with E-state index in [9.17, 15) is 4.79 Å². The van der Waals surface area contributed by atoms with Crippen LogP contribution in [-0.4, -0.2) is 49.3 Å². The van der Waals surface area contributed by atoms with Gasteiger partial charge in [0.25, 0.3) is 11.3 Å². The summed E-state index contributed by atoms with van der Waals surface area (Å²) in [5.74, 6) is 2.55. The fourth-order valence-corrected chi connectivity index (χ4v) is 4.09. The Morgan fingerprint density at radius 1 is 1.14 bits per heavy atom. The average Bonchev–Trinajstić information content (AvgIpc) is 3.47. The fraction of sp³-hybridized carbons (Fsp3) is 0.550. The predicted octanol–water partition coefficient (Wildman–Crippen LogP) is 1.62. The minimum Gasteiger partial charge on any atom is -0.378 e. The monoisotopic (exact) mass is 395 g/mol. The fourth-order valence-electron chi connectivity index (χ4n) is 4.09. The first-order valence-electron chi connectivity index (χ1n) is 10.2. The van der Waals surface area contributed by atoms with E-state index in [2.05, 4.69) is 25.0 Å². The number of ether oxygens (including phenoxy) is 1. The van der Waals surface area contributed by atoms with Gasteiger partial charge in [-0.15, -0.1) is 0 Å². The van der Waals surface area contributed by atoms with Crippen LogP contribution in [0.1, 0.15) is 43.0 Å². The van der Waals surface area contributed by atoms with E-state index < -0.39 is 0 Å². The van der Waals surface area contributed by atoms with Crippen LogP contribution < -0.4 is 10.5 Å². The molecule has 9 heteroatoms. The first-order chi connectivity index (χ1) is 14.2. The van der Waals surface area contributed by atoms with Gasteiger partial charge in [-0.2, -0.15) is 14.6 Å². The maximum Gasteiger partial charge on any atom is 0.254 e. The van der Waals surface area contributed by atoms with Crippen molar-refractivity contribution >= 4 is 11.6 Å². The van der Waals surface area contributed by atoms with Crippen LogP contribution in [-0.2, 0) is 17.9 Å². The van der Waals surface area contributed by atoms with Gasteiger partial charge in [-0.1, -0.05) is 0 Å². The molecule has 152 valence electrons. The van der Waals surface area contributed by atoms with Gasteiger partial charge >= 0.3 is 0 Å². The van der Waals surface area contributed by atoms with Crippen LogP contribution in [0.2, 0.25) is 0 Å². The van der Waals surface area contributed by atoms with Gasteiger partial charge in [-0.05, 0) is 31.6 Å². The van der Waals surface area contributed by atoms with E-state index in [1.54, 1.807) is 28.6 Å². The van der Waals surface area contributed by atoms with E-state index in [1.807, 2.05) is 6.07 Å². The topological polar surface area (TPSA) is 90.4 Å². The molecular weight excluding hydrogens is 370 g/mol. The minimum atomic E-state index is 0.0759. The van der Waals surface area contributed by atoms with E-state index in [4.69, 9.17) is 4.74 Å². The first-order valence-corrected chi connectivity index (χ1v) is 10.2. The van der Waals surface area contributed by atoms with Crippen LogP contribution in [0.5, 0.6) is 0 Å². The smallest absolute Gasteiger partial charge is 0.254 e. The molecule has 4 heterocycles. The zero-order valence-corrected chi connectivity index (χ0v) is 16.6. The average molecular weight is 395 g/mol. The molecule has 0 bridgehead atoms. The summed E-state index contributed by atoms with van der Waals surface area (Å²) in [6, 6.07) is 3.75. The third-order valence-electron chi connectivity index (χ3n) is 5.87. The van der Waals surface area contributed by atoms with Crippen molar-refractivity contribution in [3.8, 4) is 0 Å². The zero-order valence-electron chi connectivity index (χ0n) is 16.6. The number of hydrogen-bond acceptors (Lipinski definition) is 7. The Kier molecular flexibility index (Phi) is 4.75. The van der Waals surface area contributed by atoms with E-state index in [1.165, 1.54) is 6.33 Å². The summed E-state index contributed by atoms with van der Waals surface area (Å²) in [6.45, 7) is 2.98. The molecule has 0 N–H and O–H groups in total. The Hall–Kier alpha value is -2.81. The van der Waals surface area contributed by atoms with Crippen molar-refractivity contribution in [3.63, 3.8) is 0 Å². The van der Waals surface area contributed by atoms with Gasteiger partial charge < -0.3 is 9.64 Å². The number of anilines is 1. The molecule has 0 amide bonds. The van der Waals surface area contributed by atoms with Gasteiger partial charge in [0.15, 0.2) is 0 Å². The second kappa shape index (κ2) is 7.55. The van der Waals surface area contributed by atoms with Crippen molar-refractivity contribution in [2.24, 2.45) is 5.92 Å². The molecule has 1 aliphatic heterocycles. The van der Waals surface area contributed by atoms with Gasteiger partial charge in [0.2, 0.25) is 0 Å². The molecule has 2 aliphatic rings. The molecule has 2 fully saturated rings. The van der Waals surface area contributed by atoms with Crippen molar-refractivity contribution in [1.29, 1.82) is 0 Å². The molecule has 1 saturated carbocycles. The van der Waals surface area contributed by atoms with Crippen LogP contribution in [0.25, 0.3) is 5.78 Å². The van der Waals surface area contributed by atoms with Gasteiger partial charge in [-0.3, -0.25) is 9.36 Å². The maximum absolute atomic E-state index is 12.4. The number of hydrogen-bond donors (Lipinski definition) is 0. The molecule has 3 aromatic heterocycles. The Morgan fingerprint density at radius 3 is 2.69 bits per heavy atom. The summed E-state index contributed by atoms with van der Waals surface area (Å²) in [5, 5.41) is 4.33. The van der Waals surface area contributed by atoms with Crippen LogP contribution in [0.4, 0.5) is 5.82 Å². The highest BCUT2D eigenvalue weighted by Crippen LogP contribution is 2.38. The number of fused-ring (bicyclic) bond motifs is 1. The summed E-state index contributed by atoms with van der Waals surface area (Å²) < 4.78 is 8.79. The number of rotatable bonds is 6. The number of aromatic nitrogens is 6. The summed E-state index contributed by atoms with van der Waals surface area (Å²) in [6.07, 6.45) is 7.61. The molecule has 0 atom stereocenters. The Bertz CT molecular complexity index is 1060. The molecule has 1 aliphatic carbocycles. The summed E-state index contributed by atoms with van der Waals surface area (Å²) in [7, 11) is 1.66. The Labute approximate surface area is 168 Å². The second-order valence-electron chi connectivity index (χ2n) is 8.02. The zero-order chi connectivity index (χ0) is 19.8. The highest BCUT2D eigenvalue weighted by molar-refractivity contribution is 5.47. The van der Waals surface area contributed by atoms with E-state index in [0.717, 1.165) is 62.5 Å². The molecule has 5 rings (SSSR count). The van der Waals surface area contributed by atoms with Gasteiger partial charge in [0, 0.05) is 44.8 Å². The first kappa shape index (κ1) is 18.2. The molecule has 1 saturated heterocycles. The summed E-state index contributed by atoms with van der Waals surface area (Å²) >= 11 is 0. The third kappa shape index (κ3) is 3.74. The molecule has 29 heavy (non-hydrogen) atoms. The lowest BCUT2D eigenvalue weighted by Crippen LogP contribution is -2.37. The second-order valence-corrected chi connectivity index (χ2v) is 8.02.